The molecule has 2 N–H and O–H groups in total. The molecule has 2 atom stereocenters. The van der Waals surface area contributed by atoms with Gasteiger partial charge < -0.3 is 5.73 Å². The van der Waals surface area contributed by atoms with Crippen LogP contribution in [0.25, 0.3) is 0 Å². The number of halogens is 3. The van der Waals surface area contributed by atoms with E-state index in [1.807, 2.05) is 6.92 Å². The Morgan fingerprint density at radius 1 is 1.40 bits per heavy atom. The standard InChI is InChI=1S/C12H16Cl2N2O2S.ClH/c1-8(15)9-5-6-16(7-9)19(17,18)11-4-2-3-10(13)12(11)14;/h2-4,8-9H,5-7,15H2,1H3;1H. The Morgan fingerprint density at radius 2 is 2.05 bits per heavy atom. The van der Waals surface area contributed by atoms with E-state index >= 15 is 0 Å². The minimum atomic E-state index is -3.60. The molecule has 0 bridgehead atoms. The van der Waals surface area contributed by atoms with Crippen LogP contribution in [0.4, 0.5) is 0 Å². The van der Waals surface area contributed by atoms with Gasteiger partial charge in [-0.25, -0.2) is 8.42 Å². The molecule has 1 aliphatic rings. The highest BCUT2D eigenvalue weighted by Crippen LogP contribution is 2.33. The molecular weight excluding hydrogens is 343 g/mol. The number of nitrogens with two attached hydrogens (primary N) is 1. The predicted molar refractivity (Wildman–Crippen MR) is 84.2 cm³/mol. The summed E-state index contributed by atoms with van der Waals surface area (Å²) in [7, 11) is -3.60. The van der Waals surface area contributed by atoms with Crippen molar-refractivity contribution in [3.8, 4) is 0 Å². The number of hydrogen-bond donors (Lipinski definition) is 1. The van der Waals surface area contributed by atoms with Crippen LogP contribution in [0.5, 0.6) is 0 Å². The molecule has 2 unspecified atom stereocenters. The van der Waals surface area contributed by atoms with Crippen molar-refractivity contribution < 1.29 is 8.42 Å². The second-order valence-corrected chi connectivity index (χ2v) is 7.51. The minimum absolute atomic E-state index is 0. The van der Waals surface area contributed by atoms with Crippen molar-refractivity contribution in [3.05, 3.63) is 28.2 Å². The molecule has 0 aliphatic carbocycles. The monoisotopic (exact) mass is 358 g/mol. The fourth-order valence-corrected chi connectivity index (χ4v) is 4.47. The van der Waals surface area contributed by atoms with Crippen molar-refractivity contribution in [2.75, 3.05) is 13.1 Å². The van der Waals surface area contributed by atoms with Crippen LogP contribution >= 0.6 is 35.6 Å². The maximum atomic E-state index is 12.5. The van der Waals surface area contributed by atoms with Gasteiger partial charge in [0.15, 0.2) is 0 Å². The van der Waals surface area contributed by atoms with Gasteiger partial charge in [-0.2, -0.15) is 4.31 Å². The molecule has 1 saturated heterocycles. The highest BCUT2D eigenvalue weighted by atomic mass is 35.5. The van der Waals surface area contributed by atoms with Gasteiger partial charge >= 0.3 is 0 Å². The molecule has 1 aliphatic heterocycles. The van der Waals surface area contributed by atoms with E-state index in [1.165, 1.54) is 10.4 Å². The van der Waals surface area contributed by atoms with Gasteiger partial charge in [0.25, 0.3) is 0 Å². The van der Waals surface area contributed by atoms with E-state index in [4.69, 9.17) is 28.9 Å². The SMILES string of the molecule is CC(N)C1CCN(S(=O)(=O)c2cccc(Cl)c2Cl)C1.Cl. The van der Waals surface area contributed by atoms with E-state index in [9.17, 15) is 8.42 Å². The zero-order valence-electron chi connectivity index (χ0n) is 10.9. The number of benzene rings is 1. The lowest BCUT2D eigenvalue weighted by atomic mass is 10.0. The zero-order valence-corrected chi connectivity index (χ0v) is 14.1. The molecule has 0 amide bonds. The summed E-state index contributed by atoms with van der Waals surface area (Å²) in [5.74, 6) is 0.188. The van der Waals surface area contributed by atoms with Crippen LogP contribution in [0.2, 0.25) is 10.0 Å². The molecule has 114 valence electrons. The summed E-state index contributed by atoms with van der Waals surface area (Å²) in [6, 6.07) is 4.61. The first kappa shape index (κ1) is 18.0. The van der Waals surface area contributed by atoms with Crippen LogP contribution in [0.3, 0.4) is 0 Å². The summed E-state index contributed by atoms with van der Waals surface area (Å²) >= 11 is 11.9. The van der Waals surface area contributed by atoms with Gasteiger partial charge in [-0.3, -0.25) is 0 Å². The second kappa shape index (κ2) is 6.81. The third-order valence-corrected chi connectivity index (χ3v) is 6.30. The maximum absolute atomic E-state index is 12.5. The molecule has 2 rings (SSSR count). The lowest BCUT2D eigenvalue weighted by Gasteiger charge is -2.19. The van der Waals surface area contributed by atoms with Crippen LogP contribution in [-0.4, -0.2) is 31.9 Å². The smallest absolute Gasteiger partial charge is 0.244 e. The van der Waals surface area contributed by atoms with Crippen molar-refractivity contribution in [3.63, 3.8) is 0 Å². The quantitative estimate of drug-likeness (QED) is 0.902. The summed E-state index contributed by atoms with van der Waals surface area (Å²) in [5.41, 5.74) is 5.83. The molecule has 0 spiro atoms. The van der Waals surface area contributed by atoms with E-state index in [0.717, 1.165) is 6.42 Å². The molecule has 0 saturated carbocycles. The molecule has 1 aromatic rings. The topological polar surface area (TPSA) is 63.4 Å². The largest absolute Gasteiger partial charge is 0.328 e. The van der Waals surface area contributed by atoms with Crippen LogP contribution in [0, 0.1) is 5.92 Å². The summed E-state index contributed by atoms with van der Waals surface area (Å²) in [4.78, 5) is 0.0620. The fourth-order valence-electron chi connectivity index (χ4n) is 2.22. The molecule has 4 nitrogen and oxygen atoms in total. The van der Waals surface area contributed by atoms with E-state index in [2.05, 4.69) is 0 Å². The molecule has 0 radical (unpaired) electrons. The summed E-state index contributed by atoms with van der Waals surface area (Å²) in [6.07, 6.45) is 0.773. The molecule has 1 aromatic carbocycles. The number of hydrogen-bond acceptors (Lipinski definition) is 3. The van der Waals surface area contributed by atoms with Gasteiger partial charge in [-0.1, -0.05) is 29.3 Å². The molecule has 1 fully saturated rings. The predicted octanol–water partition coefficient (Wildman–Crippen LogP) is 2.77. The lowest BCUT2D eigenvalue weighted by Crippen LogP contribution is -2.33. The van der Waals surface area contributed by atoms with E-state index in [-0.39, 0.29) is 39.3 Å². The third-order valence-electron chi connectivity index (χ3n) is 3.46. The van der Waals surface area contributed by atoms with Crippen LogP contribution in [0.1, 0.15) is 13.3 Å². The Morgan fingerprint density at radius 3 is 2.60 bits per heavy atom. The second-order valence-electron chi connectivity index (χ2n) is 4.82. The first-order chi connectivity index (χ1) is 8.84. The van der Waals surface area contributed by atoms with Crippen LogP contribution in [-0.2, 0) is 10.0 Å². The number of rotatable bonds is 3. The average molecular weight is 360 g/mol. The Balaban J connectivity index is 0.00000200. The average Bonchev–Trinajstić information content (AvgIpc) is 2.82. The van der Waals surface area contributed by atoms with Gasteiger partial charge in [0, 0.05) is 19.1 Å². The Hall–Kier alpha value is -0.0400. The van der Waals surface area contributed by atoms with E-state index in [0.29, 0.717) is 13.1 Å². The first-order valence-corrected chi connectivity index (χ1v) is 8.23. The molecular formula is C12H17Cl3N2O2S. The van der Waals surface area contributed by atoms with Gasteiger partial charge in [0.2, 0.25) is 10.0 Å². The summed E-state index contributed by atoms with van der Waals surface area (Å²) in [6.45, 7) is 2.80. The summed E-state index contributed by atoms with van der Waals surface area (Å²) in [5, 5.41) is 0.319. The minimum Gasteiger partial charge on any atom is -0.328 e. The van der Waals surface area contributed by atoms with E-state index in [1.54, 1.807) is 12.1 Å². The van der Waals surface area contributed by atoms with Crippen molar-refractivity contribution in [1.82, 2.24) is 4.31 Å². The fraction of sp³-hybridized carbons (Fsp3) is 0.500. The maximum Gasteiger partial charge on any atom is 0.244 e. The molecule has 1 heterocycles. The lowest BCUT2D eigenvalue weighted by molar-refractivity contribution is 0.429. The van der Waals surface area contributed by atoms with Crippen LogP contribution < -0.4 is 5.73 Å². The summed E-state index contributed by atoms with van der Waals surface area (Å²) < 4.78 is 26.5. The van der Waals surface area contributed by atoms with Gasteiger partial charge in [-0.15, -0.1) is 12.4 Å². The van der Waals surface area contributed by atoms with Crippen molar-refractivity contribution in [2.24, 2.45) is 11.7 Å². The molecule has 0 aromatic heterocycles. The number of sulfonamides is 1. The van der Waals surface area contributed by atoms with Gasteiger partial charge in [0.1, 0.15) is 4.90 Å². The van der Waals surface area contributed by atoms with Gasteiger partial charge in [0.05, 0.1) is 10.0 Å². The Kier molecular flexibility index (Phi) is 6.14. The third kappa shape index (κ3) is 3.40. The molecule has 20 heavy (non-hydrogen) atoms. The number of nitrogens with zero attached hydrogens (tertiary/aromatic N) is 1. The van der Waals surface area contributed by atoms with Gasteiger partial charge in [-0.05, 0) is 31.4 Å². The Labute approximate surface area is 135 Å². The highest BCUT2D eigenvalue weighted by Gasteiger charge is 2.35. The van der Waals surface area contributed by atoms with E-state index < -0.39 is 10.0 Å². The Bertz CT molecular complexity index is 578. The van der Waals surface area contributed by atoms with Crippen molar-refractivity contribution >= 4 is 45.6 Å². The zero-order chi connectivity index (χ0) is 14.2. The van der Waals surface area contributed by atoms with Crippen molar-refractivity contribution in [2.45, 2.75) is 24.3 Å². The molecule has 8 heteroatoms. The highest BCUT2D eigenvalue weighted by molar-refractivity contribution is 7.89. The van der Waals surface area contributed by atoms with Crippen LogP contribution in [0.15, 0.2) is 23.1 Å². The normalized spacial score (nSPS) is 21.5. The van der Waals surface area contributed by atoms with Crippen molar-refractivity contribution in [1.29, 1.82) is 0 Å². The first-order valence-electron chi connectivity index (χ1n) is 6.03.